The Bertz CT molecular complexity index is 593. The minimum Gasteiger partial charge on any atom is -0.484 e. The van der Waals surface area contributed by atoms with Crippen LogP contribution < -0.4 is 10.1 Å². The van der Waals surface area contributed by atoms with E-state index in [1.165, 1.54) is 11.3 Å². The van der Waals surface area contributed by atoms with Crippen LogP contribution in [0.5, 0.6) is 5.75 Å². The van der Waals surface area contributed by atoms with Gasteiger partial charge in [-0.05, 0) is 30.5 Å². The summed E-state index contributed by atoms with van der Waals surface area (Å²) in [7, 11) is 0. The third kappa shape index (κ3) is 4.06. The Balaban J connectivity index is 1.86. The summed E-state index contributed by atoms with van der Waals surface area (Å²) in [6.07, 6.45) is 0. The molecule has 0 atom stereocenters. The zero-order valence-electron chi connectivity index (χ0n) is 11.8. The van der Waals surface area contributed by atoms with E-state index in [0.29, 0.717) is 16.8 Å². The van der Waals surface area contributed by atoms with Gasteiger partial charge < -0.3 is 4.74 Å². The molecule has 0 saturated carbocycles. The van der Waals surface area contributed by atoms with Crippen molar-refractivity contribution in [3.63, 3.8) is 0 Å². The highest BCUT2D eigenvalue weighted by molar-refractivity contribution is 7.13. The summed E-state index contributed by atoms with van der Waals surface area (Å²) in [4.78, 5) is 16.1. The second kappa shape index (κ2) is 6.52. The average Bonchev–Trinajstić information content (AvgIpc) is 2.85. The Labute approximate surface area is 122 Å². The van der Waals surface area contributed by atoms with Gasteiger partial charge in [0.1, 0.15) is 5.75 Å². The van der Waals surface area contributed by atoms with Crippen LogP contribution in [0.25, 0.3) is 0 Å². The summed E-state index contributed by atoms with van der Waals surface area (Å²) in [6, 6.07) is 7.61. The van der Waals surface area contributed by atoms with Gasteiger partial charge >= 0.3 is 0 Å². The molecule has 5 heteroatoms. The first-order valence-electron chi connectivity index (χ1n) is 6.49. The topological polar surface area (TPSA) is 51.2 Å². The van der Waals surface area contributed by atoms with Gasteiger partial charge in [0.25, 0.3) is 5.91 Å². The second-order valence-electron chi connectivity index (χ2n) is 4.89. The number of hydrogen-bond donors (Lipinski definition) is 1. The van der Waals surface area contributed by atoms with Crippen molar-refractivity contribution in [3.8, 4) is 5.75 Å². The number of nitrogens with zero attached hydrogens (tertiary/aromatic N) is 1. The first-order chi connectivity index (χ1) is 9.54. The first kappa shape index (κ1) is 14.5. The molecule has 0 radical (unpaired) electrons. The zero-order valence-corrected chi connectivity index (χ0v) is 12.7. The number of aromatic nitrogens is 1. The van der Waals surface area contributed by atoms with Crippen molar-refractivity contribution in [3.05, 3.63) is 40.9 Å². The van der Waals surface area contributed by atoms with Crippen LogP contribution in [0.1, 0.15) is 31.0 Å². The summed E-state index contributed by atoms with van der Waals surface area (Å²) >= 11 is 1.43. The standard InChI is InChI=1S/C15H18N2O2S/c1-10(2)13-9-20-15(16-13)17-14(18)8-19-12-6-4-5-11(3)7-12/h4-7,9-10H,8H2,1-3H3,(H,16,17,18). The van der Waals surface area contributed by atoms with E-state index in [4.69, 9.17) is 4.74 Å². The Hall–Kier alpha value is -1.88. The molecule has 0 fully saturated rings. The molecule has 20 heavy (non-hydrogen) atoms. The summed E-state index contributed by atoms with van der Waals surface area (Å²) in [6.45, 7) is 6.11. The summed E-state index contributed by atoms with van der Waals surface area (Å²) in [5.74, 6) is 0.860. The number of amides is 1. The number of aryl methyl sites for hydroxylation is 1. The van der Waals surface area contributed by atoms with Crippen LogP contribution in [-0.4, -0.2) is 17.5 Å². The fourth-order valence-electron chi connectivity index (χ4n) is 1.62. The Kier molecular flexibility index (Phi) is 4.74. The highest BCUT2D eigenvalue weighted by atomic mass is 32.1. The number of thiazole rings is 1. The largest absolute Gasteiger partial charge is 0.484 e. The highest BCUT2D eigenvalue weighted by Crippen LogP contribution is 2.21. The quantitative estimate of drug-likeness (QED) is 0.915. The second-order valence-corrected chi connectivity index (χ2v) is 5.74. The number of anilines is 1. The third-order valence-electron chi connectivity index (χ3n) is 2.72. The molecule has 0 spiro atoms. The lowest BCUT2D eigenvalue weighted by molar-refractivity contribution is -0.118. The molecule has 1 amide bonds. The van der Waals surface area contributed by atoms with Gasteiger partial charge in [-0.3, -0.25) is 10.1 Å². The van der Waals surface area contributed by atoms with E-state index in [9.17, 15) is 4.79 Å². The normalized spacial score (nSPS) is 10.6. The molecule has 0 unspecified atom stereocenters. The van der Waals surface area contributed by atoms with Gasteiger partial charge in [0.2, 0.25) is 0 Å². The zero-order chi connectivity index (χ0) is 14.5. The van der Waals surface area contributed by atoms with E-state index in [1.807, 2.05) is 36.6 Å². The maximum Gasteiger partial charge on any atom is 0.264 e. The molecule has 1 heterocycles. The monoisotopic (exact) mass is 290 g/mol. The number of benzene rings is 1. The van der Waals surface area contributed by atoms with Crippen molar-refractivity contribution >= 4 is 22.4 Å². The number of nitrogens with one attached hydrogen (secondary N) is 1. The number of carbonyl (C=O) groups is 1. The van der Waals surface area contributed by atoms with E-state index < -0.39 is 0 Å². The van der Waals surface area contributed by atoms with Crippen LogP contribution in [-0.2, 0) is 4.79 Å². The predicted molar refractivity (Wildman–Crippen MR) is 81.5 cm³/mol. The van der Waals surface area contributed by atoms with Gasteiger partial charge in [0.05, 0.1) is 5.69 Å². The predicted octanol–water partition coefficient (Wildman–Crippen LogP) is 3.59. The minimum atomic E-state index is -0.198. The molecule has 0 saturated heterocycles. The van der Waals surface area contributed by atoms with Gasteiger partial charge in [-0.2, -0.15) is 0 Å². The van der Waals surface area contributed by atoms with Crippen molar-refractivity contribution in [1.82, 2.24) is 4.98 Å². The fraction of sp³-hybridized carbons (Fsp3) is 0.333. The Morgan fingerprint density at radius 2 is 2.25 bits per heavy atom. The highest BCUT2D eigenvalue weighted by Gasteiger charge is 2.09. The lowest BCUT2D eigenvalue weighted by Crippen LogP contribution is -2.20. The van der Waals surface area contributed by atoms with E-state index in [2.05, 4.69) is 24.1 Å². The maximum atomic E-state index is 11.8. The van der Waals surface area contributed by atoms with Crippen LogP contribution in [0.2, 0.25) is 0 Å². The van der Waals surface area contributed by atoms with Gasteiger partial charge in [0, 0.05) is 5.38 Å². The molecule has 0 aliphatic carbocycles. The van der Waals surface area contributed by atoms with Gasteiger partial charge in [-0.25, -0.2) is 4.98 Å². The van der Waals surface area contributed by atoms with Crippen LogP contribution in [0.3, 0.4) is 0 Å². The molecule has 1 N–H and O–H groups in total. The van der Waals surface area contributed by atoms with E-state index in [1.54, 1.807) is 0 Å². The average molecular weight is 290 g/mol. The van der Waals surface area contributed by atoms with Crippen molar-refractivity contribution in [2.75, 3.05) is 11.9 Å². The lowest BCUT2D eigenvalue weighted by Gasteiger charge is -2.06. The van der Waals surface area contributed by atoms with Gasteiger partial charge in [-0.15, -0.1) is 11.3 Å². The number of rotatable bonds is 5. The smallest absolute Gasteiger partial charge is 0.264 e. The Morgan fingerprint density at radius 1 is 1.45 bits per heavy atom. The number of ether oxygens (including phenoxy) is 1. The molecule has 2 aromatic rings. The van der Waals surface area contributed by atoms with Crippen LogP contribution >= 0.6 is 11.3 Å². The number of carbonyl (C=O) groups excluding carboxylic acids is 1. The summed E-state index contributed by atoms with van der Waals surface area (Å²) in [5, 5.41) is 5.32. The molecule has 4 nitrogen and oxygen atoms in total. The van der Waals surface area contributed by atoms with Crippen LogP contribution in [0.15, 0.2) is 29.6 Å². The Morgan fingerprint density at radius 3 is 2.90 bits per heavy atom. The molecule has 106 valence electrons. The fourth-order valence-corrected chi connectivity index (χ4v) is 2.51. The third-order valence-corrected chi connectivity index (χ3v) is 3.50. The van der Waals surface area contributed by atoms with Crippen LogP contribution in [0.4, 0.5) is 5.13 Å². The van der Waals surface area contributed by atoms with Crippen molar-refractivity contribution < 1.29 is 9.53 Å². The SMILES string of the molecule is Cc1cccc(OCC(=O)Nc2nc(C(C)C)cs2)c1. The summed E-state index contributed by atoms with van der Waals surface area (Å²) in [5.41, 5.74) is 2.09. The molecular formula is C15H18N2O2S. The van der Waals surface area contributed by atoms with Crippen LogP contribution in [0, 0.1) is 6.92 Å². The van der Waals surface area contributed by atoms with Gasteiger partial charge in [0.15, 0.2) is 11.7 Å². The molecule has 2 rings (SSSR count). The van der Waals surface area contributed by atoms with E-state index in [0.717, 1.165) is 11.3 Å². The van der Waals surface area contributed by atoms with E-state index >= 15 is 0 Å². The summed E-state index contributed by atoms with van der Waals surface area (Å²) < 4.78 is 5.44. The molecule has 0 aliphatic heterocycles. The van der Waals surface area contributed by atoms with E-state index in [-0.39, 0.29) is 12.5 Å². The molecule has 0 bridgehead atoms. The lowest BCUT2D eigenvalue weighted by atomic mass is 10.2. The molecular weight excluding hydrogens is 272 g/mol. The van der Waals surface area contributed by atoms with Crippen molar-refractivity contribution in [2.24, 2.45) is 0 Å². The molecule has 1 aromatic carbocycles. The molecule has 1 aromatic heterocycles. The van der Waals surface area contributed by atoms with Gasteiger partial charge in [-0.1, -0.05) is 26.0 Å². The number of hydrogen-bond acceptors (Lipinski definition) is 4. The first-order valence-corrected chi connectivity index (χ1v) is 7.37. The van der Waals surface area contributed by atoms with Crippen molar-refractivity contribution in [2.45, 2.75) is 26.7 Å². The van der Waals surface area contributed by atoms with Crippen molar-refractivity contribution in [1.29, 1.82) is 0 Å². The molecule has 0 aliphatic rings. The minimum absolute atomic E-state index is 0.0138. The maximum absolute atomic E-state index is 11.8.